The SMILES string of the molecule is CC(=O)N[C@@H](C(=O)Cl)[C@@H](OC(C)=O)[C@H](OC(C)=O)[C@H](O)COC(C)=O. The van der Waals surface area contributed by atoms with E-state index < -0.39 is 60.0 Å². The van der Waals surface area contributed by atoms with E-state index in [1.165, 1.54) is 0 Å². The summed E-state index contributed by atoms with van der Waals surface area (Å²) in [7, 11) is 0. The molecule has 0 radical (unpaired) electrons. The molecule has 0 spiro atoms. The van der Waals surface area contributed by atoms with E-state index in [1.807, 2.05) is 0 Å². The Morgan fingerprint density at radius 1 is 0.920 bits per heavy atom. The normalized spacial score (nSPS) is 15.1. The lowest BCUT2D eigenvalue weighted by molar-refractivity contribution is -0.183. The van der Waals surface area contributed by atoms with Crippen LogP contribution < -0.4 is 5.32 Å². The van der Waals surface area contributed by atoms with Crippen molar-refractivity contribution in [1.82, 2.24) is 5.32 Å². The highest BCUT2D eigenvalue weighted by Crippen LogP contribution is 2.17. The Morgan fingerprint density at radius 3 is 1.76 bits per heavy atom. The smallest absolute Gasteiger partial charge is 0.303 e. The molecule has 0 rings (SSSR count). The molecule has 10 nitrogen and oxygen atoms in total. The van der Waals surface area contributed by atoms with Crippen molar-refractivity contribution < 1.29 is 43.3 Å². The third-order valence-electron chi connectivity index (χ3n) is 2.70. The first-order valence-corrected chi connectivity index (χ1v) is 7.45. The van der Waals surface area contributed by atoms with Crippen molar-refractivity contribution in [3.8, 4) is 0 Å². The molecule has 0 saturated heterocycles. The molecule has 0 aromatic heterocycles. The van der Waals surface area contributed by atoms with Gasteiger partial charge in [-0.3, -0.25) is 24.0 Å². The second-order valence-electron chi connectivity index (χ2n) is 5.00. The fraction of sp³-hybridized carbons (Fsp3) is 0.643. The molecular formula is C14H20ClNO9. The maximum absolute atomic E-state index is 11.6. The quantitative estimate of drug-likeness (QED) is 0.293. The van der Waals surface area contributed by atoms with E-state index in [4.69, 9.17) is 21.1 Å². The van der Waals surface area contributed by atoms with Crippen LogP contribution in [-0.4, -0.2) is 65.1 Å². The molecule has 0 aromatic rings. The maximum atomic E-state index is 11.6. The average Bonchev–Trinajstić information content (AvgIpc) is 2.45. The summed E-state index contributed by atoms with van der Waals surface area (Å²) in [6.45, 7) is 3.55. The zero-order valence-corrected chi connectivity index (χ0v) is 14.9. The number of hydrogen-bond acceptors (Lipinski definition) is 9. The van der Waals surface area contributed by atoms with Crippen molar-refractivity contribution in [1.29, 1.82) is 0 Å². The van der Waals surface area contributed by atoms with Gasteiger partial charge >= 0.3 is 17.9 Å². The largest absolute Gasteiger partial charge is 0.463 e. The van der Waals surface area contributed by atoms with E-state index in [0.717, 1.165) is 27.7 Å². The van der Waals surface area contributed by atoms with Gasteiger partial charge in [0.05, 0.1) is 0 Å². The lowest BCUT2D eigenvalue weighted by Crippen LogP contribution is -2.57. The summed E-state index contributed by atoms with van der Waals surface area (Å²) < 4.78 is 14.4. The molecule has 0 aliphatic rings. The van der Waals surface area contributed by atoms with Crippen molar-refractivity contribution in [3.05, 3.63) is 0 Å². The maximum Gasteiger partial charge on any atom is 0.303 e. The fourth-order valence-corrected chi connectivity index (χ4v) is 2.04. The Labute approximate surface area is 148 Å². The van der Waals surface area contributed by atoms with Crippen LogP contribution >= 0.6 is 11.6 Å². The minimum Gasteiger partial charge on any atom is -0.463 e. The van der Waals surface area contributed by atoms with Crippen LogP contribution in [0, 0.1) is 0 Å². The van der Waals surface area contributed by atoms with Gasteiger partial charge in [-0.15, -0.1) is 0 Å². The molecule has 0 aliphatic carbocycles. The number of halogens is 1. The van der Waals surface area contributed by atoms with E-state index in [9.17, 15) is 29.1 Å². The van der Waals surface area contributed by atoms with Crippen molar-refractivity contribution in [3.63, 3.8) is 0 Å². The molecular weight excluding hydrogens is 362 g/mol. The second-order valence-corrected chi connectivity index (χ2v) is 5.37. The zero-order chi connectivity index (χ0) is 19.7. The van der Waals surface area contributed by atoms with Gasteiger partial charge in [0.2, 0.25) is 11.1 Å². The lowest BCUT2D eigenvalue weighted by Gasteiger charge is -2.33. The van der Waals surface area contributed by atoms with Crippen LogP contribution in [0.25, 0.3) is 0 Å². The molecule has 142 valence electrons. The number of ether oxygens (including phenoxy) is 3. The van der Waals surface area contributed by atoms with Crippen LogP contribution in [-0.2, 0) is 38.2 Å². The van der Waals surface area contributed by atoms with Crippen LogP contribution in [0.4, 0.5) is 0 Å². The number of esters is 3. The number of aliphatic hydroxyl groups is 1. The first-order chi connectivity index (χ1) is 11.5. The molecule has 0 fully saturated rings. The van der Waals surface area contributed by atoms with Gasteiger partial charge in [-0.05, 0) is 11.6 Å². The van der Waals surface area contributed by atoms with Crippen LogP contribution in [0.1, 0.15) is 27.7 Å². The Balaban J connectivity index is 5.74. The molecule has 11 heteroatoms. The summed E-state index contributed by atoms with van der Waals surface area (Å²) in [5, 5.41) is 11.2. The first kappa shape index (κ1) is 22.8. The second kappa shape index (κ2) is 10.6. The van der Waals surface area contributed by atoms with Crippen molar-refractivity contribution in [2.45, 2.75) is 52.0 Å². The summed E-state index contributed by atoms with van der Waals surface area (Å²) in [5.41, 5.74) is 0. The van der Waals surface area contributed by atoms with Crippen molar-refractivity contribution in [2.24, 2.45) is 0 Å². The molecule has 0 heterocycles. The van der Waals surface area contributed by atoms with Gasteiger partial charge in [0.1, 0.15) is 18.8 Å². The van der Waals surface area contributed by atoms with E-state index in [0.29, 0.717) is 0 Å². The van der Waals surface area contributed by atoms with E-state index in [-0.39, 0.29) is 0 Å². The van der Waals surface area contributed by atoms with Crippen molar-refractivity contribution in [2.75, 3.05) is 6.61 Å². The van der Waals surface area contributed by atoms with E-state index in [2.05, 4.69) is 10.1 Å². The Bertz CT molecular complexity index is 536. The minimum atomic E-state index is -1.66. The first-order valence-electron chi connectivity index (χ1n) is 7.08. The number of nitrogens with one attached hydrogen (secondary N) is 1. The molecule has 0 aliphatic heterocycles. The number of carbonyl (C=O) groups excluding carboxylic acids is 5. The molecule has 0 bridgehead atoms. The van der Waals surface area contributed by atoms with Gasteiger partial charge in [-0.1, -0.05) is 0 Å². The predicted molar refractivity (Wildman–Crippen MR) is 82.2 cm³/mol. The van der Waals surface area contributed by atoms with Crippen LogP contribution in [0.2, 0.25) is 0 Å². The number of carbonyl (C=O) groups is 5. The monoisotopic (exact) mass is 381 g/mol. The third kappa shape index (κ3) is 9.01. The van der Waals surface area contributed by atoms with E-state index in [1.54, 1.807) is 0 Å². The zero-order valence-electron chi connectivity index (χ0n) is 14.1. The van der Waals surface area contributed by atoms with Crippen LogP contribution in [0.5, 0.6) is 0 Å². The summed E-state index contributed by atoms with van der Waals surface area (Å²) in [6, 6.07) is -1.61. The van der Waals surface area contributed by atoms with Crippen molar-refractivity contribution >= 4 is 40.7 Å². The molecule has 4 atom stereocenters. The standard InChI is InChI=1S/C14H20ClNO9/c1-6(17)16-11(14(15)22)13(25-9(4)20)12(24-8(3)19)10(21)5-23-7(2)18/h10-13,21H,5H2,1-4H3,(H,16,17)/t10-,11-,12-,13-/m1/s1. The summed E-state index contributed by atoms with van der Waals surface area (Å²) in [6.07, 6.45) is -4.95. The van der Waals surface area contributed by atoms with Gasteiger partial charge in [0.15, 0.2) is 12.2 Å². The molecule has 25 heavy (non-hydrogen) atoms. The third-order valence-corrected chi connectivity index (χ3v) is 2.93. The number of rotatable bonds is 9. The van der Waals surface area contributed by atoms with Gasteiger partial charge in [-0.25, -0.2) is 0 Å². The molecule has 0 aromatic carbocycles. The molecule has 1 amide bonds. The Hall–Kier alpha value is -2.20. The summed E-state index contributed by atoms with van der Waals surface area (Å²) in [4.78, 5) is 56.4. The number of aliphatic hydroxyl groups excluding tert-OH is 1. The topological polar surface area (TPSA) is 145 Å². The Kier molecular flexibility index (Phi) is 9.69. The van der Waals surface area contributed by atoms with E-state index >= 15 is 0 Å². The highest BCUT2D eigenvalue weighted by molar-refractivity contribution is 6.65. The van der Waals surface area contributed by atoms with Gasteiger partial charge in [0.25, 0.3) is 0 Å². The molecule has 0 unspecified atom stereocenters. The average molecular weight is 382 g/mol. The van der Waals surface area contributed by atoms with Gasteiger partial charge in [-0.2, -0.15) is 0 Å². The Morgan fingerprint density at radius 2 is 1.40 bits per heavy atom. The highest BCUT2D eigenvalue weighted by Gasteiger charge is 2.43. The van der Waals surface area contributed by atoms with Gasteiger partial charge in [0, 0.05) is 27.7 Å². The minimum absolute atomic E-state index is 0.617. The highest BCUT2D eigenvalue weighted by atomic mass is 35.5. The lowest BCUT2D eigenvalue weighted by atomic mass is 10.0. The summed E-state index contributed by atoms with van der Waals surface area (Å²) >= 11 is 5.43. The van der Waals surface area contributed by atoms with Crippen LogP contribution in [0.3, 0.4) is 0 Å². The van der Waals surface area contributed by atoms with Gasteiger partial charge < -0.3 is 24.6 Å². The summed E-state index contributed by atoms with van der Waals surface area (Å²) in [5.74, 6) is -3.19. The molecule has 0 saturated carbocycles. The predicted octanol–water partition coefficient (Wildman–Crippen LogP) is -0.956. The number of amides is 1. The number of hydrogen-bond donors (Lipinski definition) is 2. The fourth-order valence-electron chi connectivity index (χ4n) is 1.86. The molecule has 2 N–H and O–H groups in total. The van der Waals surface area contributed by atoms with Crippen LogP contribution in [0.15, 0.2) is 0 Å².